The third-order valence-corrected chi connectivity index (χ3v) is 8.06. The number of amides is 2. The molecule has 3 aliphatic heterocycles. The van der Waals surface area contributed by atoms with E-state index in [1.165, 1.54) is 12.8 Å². The molecule has 7 heteroatoms. The SMILES string of the molecule is CC(C)N1CC(=O)N(CC2CCC(Cl)CC2)C2(CCN(C3CCCCN3)C2)C1=O. The fourth-order valence-electron chi connectivity index (χ4n) is 5.81. The Labute approximate surface area is 180 Å². The molecule has 0 aromatic heterocycles. The molecule has 4 fully saturated rings. The van der Waals surface area contributed by atoms with Gasteiger partial charge in [0.25, 0.3) is 5.91 Å². The maximum atomic E-state index is 13.7. The number of carbonyl (C=O) groups excluding carboxylic acids is 2. The van der Waals surface area contributed by atoms with Crippen molar-refractivity contribution < 1.29 is 9.59 Å². The van der Waals surface area contributed by atoms with E-state index in [-0.39, 0.29) is 29.8 Å². The van der Waals surface area contributed by atoms with Gasteiger partial charge >= 0.3 is 0 Å². The van der Waals surface area contributed by atoms with E-state index in [4.69, 9.17) is 11.6 Å². The van der Waals surface area contributed by atoms with Crippen LogP contribution >= 0.6 is 11.6 Å². The molecule has 3 saturated heterocycles. The van der Waals surface area contributed by atoms with Gasteiger partial charge in [0.1, 0.15) is 12.1 Å². The second kappa shape index (κ2) is 8.72. The summed E-state index contributed by atoms with van der Waals surface area (Å²) in [5, 5.41) is 3.90. The minimum Gasteiger partial charge on any atom is -0.329 e. The zero-order valence-electron chi connectivity index (χ0n) is 18.0. The van der Waals surface area contributed by atoms with Crippen molar-refractivity contribution in [1.29, 1.82) is 0 Å². The third-order valence-electron chi connectivity index (χ3n) is 7.63. The summed E-state index contributed by atoms with van der Waals surface area (Å²) in [6.45, 7) is 7.58. The van der Waals surface area contributed by atoms with E-state index in [1.807, 2.05) is 23.6 Å². The van der Waals surface area contributed by atoms with Gasteiger partial charge in [0.2, 0.25) is 5.91 Å². The van der Waals surface area contributed by atoms with Gasteiger partial charge in [-0.2, -0.15) is 0 Å². The number of nitrogens with one attached hydrogen (secondary N) is 1. The van der Waals surface area contributed by atoms with Crippen LogP contribution in [0.3, 0.4) is 0 Å². The van der Waals surface area contributed by atoms with Crippen LogP contribution in [0.5, 0.6) is 0 Å². The minimum atomic E-state index is -0.684. The van der Waals surface area contributed by atoms with Crippen molar-refractivity contribution in [2.75, 3.05) is 32.7 Å². The number of nitrogens with zero attached hydrogens (tertiary/aromatic N) is 3. The van der Waals surface area contributed by atoms with Gasteiger partial charge < -0.3 is 15.1 Å². The summed E-state index contributed by atoms with van der Waals surface area (Å²) in [5.41, 5.74) is -0.684. The van der Waals surface area contributed by atoms with E-state index >= 15 is 0 Å². The Morgan fingerprint density at radius 2 is 1.90 bits per heavy atom. The number of piperazine rings is 1. The van der Waals surface area contributed by atoms with Crippen molar-refractivity contribution in [3.05, 3.63) is 0 Å². The van der Waals surface area contributed by atoms with Gasteiger partial charge in [-0.25, -0.2) is 0 Å². The second-order valence-corrected chi connectivity index (χ2v) is 10.5. The first kappa shape index (κ1) is 21.4. The highest BCUT2D eigenvalue weighted by Gasteiger charge is 2.57. The van der Waals surface area contributed by atoms with Crippen molar-refractivity contribution in [3.63, 3.8) is 0 Å². The zero-order valence-corrected chi connectivity index (χ0v) is 18.8. The van der Waals surface area contributed by atoms with Crippen molar-refractivity contribution in [3.8, 4) is 0 Å². The van der Waals surface area contributed by atoms with Gasteiger partial charge in [-0.15, -0.1) is 11.6 Å². The van der Waals surface area contributed by atoms with Crippen LogP contribution in [0.2, 0.25) is 0 Å². The van der Waals surface area contributed by atoms with Crippen LogP contribution in [0.1, 0.15) is 65.2 Å². The standard InChI is InChI=1S/C22H37ClN4O2/c1-16(2)26-14-20(28)27(13-17-6-8-18(23)9-7-17)22(21(26)29)10-12-25(15-22)19-5-3-4-11-24-19/h16-19,24H,3-15H2,1-2H3. The van der Waals surface area contributed by atoms with E-state index in [0.29, 0.717) is 25.2 Å². The second-order valence-electron chi connectivity index (χ2n) is 9.87. The largest absolute Gasteiger partial charge is 0.329 e. The number of piperidine rings is 1. The molecule has 0 radical (unpaired) electrons. The Bertz CT molecular complexity index is 616. The zero-order chi connectivity index (χ0) is 20.6. The van der Waals surface area contributed by atoms with Crippen molar-refractivity contribution >= 4 is 23.4 Å². The molecule has 2 atom stereocenters. The summed E-state index contributed by atoms with van der Waals surface area (Å²) < 4.78 is 0. The summed E-state index contributed by atoms with van der Waals surface area (Å²) in [6.07, 6.45) is 8.84. The molecule has 1 saturated carbocycles. The smallest absolute Gasteiger partial charge is 0.250 e. The predicted octanol–water partition coefficient (Wildman–Crippen LogP) is 2.41. The van der Waals surface area contributed by atoms with Crippen molar-refractivity contribution in [2.24, 2.45) is 5.92 Å². The van der Waals surface area contributed by atoms with Crippen LogP contribution in [-0.4, -0.2) is 82.4 Å². The molecular formula is C22H37ClN4O2. The monoisotopic (exact) mass is 424 g/mol. The molecule has 1 aliphatic carbocycles. The Hall–Kier alpha value is -0.850. The lowest BCUT2D eigenvalue weighted by Gasteiger charge is -2.50. The normalized spacial score (nSPS) is 37.2. The molecule has 1 spiro atoms. The summed E-state index contributed by atoms with van der Waals surface area (Å²) in [6, 6.07) is 0.0546. The van der Waals surface area contributed by atoms with Crippen molar-refractivity contribution in [2.45, 2.75) is 88.3 Å². The molecule has 29 heavy (non-hydrogen) atoms. The number of carbonyl (C=O) groups is 2. The number of alkyl halides is 1. The molecule has 4 aliphatic rings. The lowest BCUT2D eigenvalue weighted by Crippen LogP contribution is -2.71. The summed E-state index contributed by atoms with van der Waals surface area (Å²) in [4.78, 5) is 33.3. The summed E-state index contributed by atoms with van der Waals surface area (Å²) in [7, 11) is 0. The minimum absolute atomic E-state index is 0.0546. The molecule has 6 nitrogen and oxygen atoms in total. The molecule has 0 bridgehead atoms. The molecule has 1 N–H and O–H groups in total. The molecule has 4 rings (SSSR count). The van der Waals surface area contributed by atoms with Gasteiger partial charge in [0.05, 0.1) is 6.17 Å². The van der Waals surface area contributed by atoms with Gasteiger partial charge in [0, 0.05) is 31.1 Å². The fourth-order valence-corrected chi connectivity index (χ4v) is 6.06. The number of rotatable bonds is 4. The molecule has 2 unspecified atom stereocenters. The average molecular weight is 425 g/mol. The third kappa shape index (κ3) is 4.17. The molecule has 0 aromatic rings. The molecule has 3 heterocycles. The Morgan fingerprint density at radius 3 is 2.55 bits per heavy atom. The molecule has 2 amide bonds. The van der Waals surface area contributed by atoms with Crippen LogP contribution in [0.4, 0.5) is 0 Å². The van der Waals surface area contributed by atoms with E-state index in [9.17, 15) is 9.59 Å². The van der Waals surface area contributed by atoms with Crippen LogP contribution in [0.15, 0.2) is 0 Å². The molecular weight excluding hydrogens is 388 g/mol. The van der Waals surface area contributed by atoms with E-state index in [2.05, 4.69) is 10.2 Å². The molecule has 164 valence electrons. The van der Waals surface area contributed by atoms with Gasteiger partial charge in [-0.1, -0.05) is 0 Å². The highest BCUT2D eigenvalue weighted by molar-refractivity contribution is 6.20. The van der Waals surface area contributed by atoms with E-state index < -0.39 is 5.54 Å². The Morgan fingerprint density at radius 1 is 1.14 bits per heavy atom. The quantitative estimate of drug-likeness (QED) is 0.704. The van der Waals surface area contributed by atoms with Gasteiger partial charge in [-0.05, 0) is 77.7 Å². The number of hydrogen-bond donors (Lipinski definition) is 1. The van der Waals surface area contributed by atoms with Gasteiger partial charge in [-0.3, -0.25) is 14.5 Å². The Kier molecular flexibility index (Phi) is 6.43. The first-order valence-electron chi connectivity index (χ1n) is 11.6. The first-order chi connectivity index (χ1) is 13.9. The fraction of sp³-hybridized carbons (Fsp3) is 0.909. The van der Waals surface area contributed by atoms with Crippen LogP contribution in [-0.2, 0) is 9.59 Å². The number of halogens is 1. The number of hydrogen-bond acceptors (Lipinski definition) is 4. The highest BCUT2D eigenvalue weighted by atomic mass is 35.5. The highest BCUT2D eigenvalue weighted by Crippen LogP contribution is 2.38. The average Bonchev–Trinajstić information content (AvgIpc) is 3.16. The Balaban J connectivity index is 1.56. The number of likely N-dealkylation sites (tertiary alicyclic amines) is 1. The predicted molar refractivity (Wildman–Crippen MR) is 115 cm³/mol. The van der Waals surface area contributed by atoms with Crippen LogP contribution < -0.4 is 5.32 Å². The van der Waals surface area contributed by atoms with E-state index in [1.54, 1.807) is 0 Å². The lowest BCUT2D eigenvalue weighted by atomic mass is 9.84. The van der Waals surface area contributed by atoms with Crippen molar-refractivity contribution in [1.82, 2.24) is 20.0 Å². The maximum absolute atomic E-state index is 13.7. The van der Waals surface area contributed by atoms with Gasteiger partial charge in [0.15, 0.2) is 0 Å². The summed E-state index contributed by atoms with van der Waals surface area (Å²) in [5.74, 6) is 0.757. The maximum Gasteiger partial charge on any atom is 0.250 e. The first-order valence-corrected chi connectivity index (χ1v) is 12.1. The molecule has 0 aromatic carbocycles. The van der Waals surface area contributed by atoms with Crippen LogP contribution in [0.25, 0.3) is 0 Å². The summed E-state index contributed by atoms with van der Waals surface area (Å²) >= 11 is 6.30. The van der Waals surface area contributed by atoms with Crippen LogP contribution in [0, 0.1) is 5.92 Å². The topological polar surface area (TPSA) is 55.9 Å². The van der Waals surface area contributed by atoms with E-state index in [0.717, 1.165) is 51.6 Å². The lowest BCUT2D eigenvalue weighted by molar-refractivity contribution is -0.167.